The molecule has 0 fully saturated rings. The van der Waals surface area contributed by atoms with Gasteiger partial charge in [-0.3, -0.25) is 14.4 Å². The highest BCUT2D eigenvalue weighted by atomic mass is 16.4. The second kappa shape index (κ2) is 6.93. The molecular weight excluding hydrogens is 286 g/mol. The molecule has 7 nitrogen and oxygen atoms in total. The molecule has 1 aromatic rings. The molecule has 0 aromatic heterocycles. The average molecular weight is 305 g/mol. The van der Waals surface area contributed by atoms with E-state index in [4.69, 9.17) is 5.11 Å². The number of nitrogens with zero attached hydrogens (tertiary/aromatic N) is 1. The lowest BCUT2D eigenvalue weighted by Gasteiger charge is -2.32. The van der Waals surface area contributed by atoms with Crippen LogP contribution in [0.4, 0.5) is 11.4 Å². The van der Waals surface area contributed by atoms with Gasteiger partial charge in [0, 0.05) is 24.8 Å². The fraction of sp³-hybridized carbons (Fsp3) is 0.400. The number of carboxylic acid groups (broad SMARTS) is 1. The summed E-state index contributed by atoms with van der Waals surface area (Å²) in [7, 11) is 0. The molecule has 0 unspecified atom stereocenters. The minimum atomic E-state index is -1.07. The molecule has 1 aliphatic heterocycles. The van der Waals surface area contributed by atoms with Crippen LogP contribution in [0.3, 0.4) is 0 Å². The second-order valence-electron chi connectivity index (χ2n) is 5.18. The first kappa shape index (κ1) is 15.8. The Kier molecular flexibility index (Phi) is 4.98. The predicted octanol–water partition coefficient (Wildman–Crippen LogP) is 0.598. The monoisotopic (exact) mass is 305 g/mol. The Morgan fingerprint density at radius 3 is 2.77 bits per heavy atom. The van der Waals surface area contributed by atoms with Crippen LogP contribution in [0.1, 0.15) is 18.9 Å². The van der Waals surface area contributed by atoms with E-state index in [1.165, 1.54) is 6.92 Å². The number of anilines is 2. The zero-order valence-corrected chi connectivity index (χ0v) is 12.4. The summed E-state index contributed by atoms with van der Waals surface area (Å²) >= 11 is 0. The van der Waals surface area contributed by atoms with Gasteiger partial charge < -0.3 is 20.6 Å². The first-order chi connectivity index (χ1) is 10.5. The third kappa shape index (κ3) is 3.97. The molecule has 118 valence electrons. The van der Waals surface area contributed by atoms with Gasteiger partial charge in [-0.2, -0.15) is 0 Å². The number of hydrogen-bond acceptors (Lipinski definition) is 4. The number of hydrogen-bond donors (Lipinski definition) is 3. The van der Waals surface area contributed by atoms with Gasteiger partial charge in [0.1, 0.15) is 6.54 Å². The average Bonchev–Trinajstić information content (AvgIpc) is 2.45. The van der Waals surface area contributed by atoms with Crippen LogP contribution < -0.4 is 15.5 Å². The van der Waals surface area contributed by atoms with Gasteiger partial charge in [0.05, 0.1) is 6.54 Å². The first-order valence-corrected chi connectivity index (χ1v) is 7.10. The van der Waals surface area contributed by atoms with E-state index < -0.39 is 5.97 Å². The topological polar surface area (TPSA) is 98.7 Å². The maximum atomic E-state index is 11.8. The van der Waals surface area contributed by atoms with Crippen LogP contribution in [0.15, 0.2) is 18.2 Å². The van der Waals surface area contributed by atoms with Crippen molar-refractivity contribution in [3.05, 3.63) is 23.8 Å². The van der Waals surface area contributed by atoms with Crippen molar-refractivity contribution < 1.29 is 19.5 Å². The highest BCUT2D eigenvalue weighted by Gasteiger charge is 2.21. The van der Waals surface area contributed by atoms with Gasteiger partial charge in [0.25, 0.3) is 0 Å². The molecule has 7 heteroatoms. The van der Waals surface area contributed by atoms with Crippen LogP contribution >= 0.6 is 0 Å². The summed E-state index contributed by atoms with van der Waals surface area (Å²) in [5, 5.41) is 13.7. The van der Waals surface area contributed by atoms with Gasteiger partial charge >= 0.3 is 5.97 Å². The third-order valence-electron chi connectivity index (χ3n) is 3.43. The van der Waals surface area contributed by atoms with Gasteiger partial charge in [0.2, 0.25) is 11.8 Å². The van der Waals surface area contributed by atoms with Crippen LogP contribution in [0.5, 0.6) is 0 Å². The molecule has 0 saturated carbocycles. The molecule has 2 amide bonds. The van der Waals surface area contributed by atoms with Crippen molar-refractivity contribution in [2.45, 2.75) is 19.8 Å². The zero-order valence-electron chi connectivity index (χ0n) is 12.4. The Balaban J connectivity index is 2.13. The number of benzene rings is 1. The molecule has 1 aliphatic rings. The van der Waals surface area contributed by atoms with Gasteiger partial charge in [-0.15, -0.1) is 0 Å². The highest BCUT2D eigenvalue weighted by molar-refractivity contribution is 5.91. The number of carbonyl (C=O) groups excluding carboxylic acids is 2. The van der Waals surface area contributed by atoms with Crippen molar-refractivity contribution in [3.63, 3.8) is 0 Å². The van der Waals surface area contributed by atoms with Crippen LogP contribution in [0, 0.1) is 0 Å². The molecular formula is C15H19N3O4. The maximum Gasteiger partial charge on any atom is 0.322 e. The molecule has 0 aliphatic carbocycles. The number of fused-ring (bicyclic) bond motifs is 1. The van der Waals surface area contributed by atoms with Gasteiger partial charge in [-0.05, 0) is 30.5 Å². The Labute approximate surface area is 128 Å². The van der Waals surface area contributed by atoms with Crippen LogP contribution in [-0.4, -0.2) is 42.5 Å². The van der Waals surface area contributed by atoms with Crippen LogP contribution in [0.2, 0.25) is 0 Å². The molecule has 0 radical (unpaired) electrons. The van der Waals surface area contributed by atoms with E-state index in [1.807, 2.05) is 23.1 Å². The van der Waals surface area contributed by atoms with E-state index in [1.54, 1.807) is 0 Å². The van der Waals surface area contributed by atoms with E-state index in [-0.39, 0.29) is 24.9 Å². The summed E-state index contributed by atoms with van der Waals surface area (Å²) in [6.45, 7) is 1.89. The Hall–Kier alpha value is -2.57. The Morgan fingerprint density at radius 1 is 1.32 bits per heavy atom. The molecule has 3 N–H and O–H groups in total. The van der Waals surface area contributed by atoms with Crippen LogP contribution in [-0.2, 0) is 20.8 Å². The fourth-order valence-corrected chi connectivity index (χ4v) is 2.58. The lowest BCUT2D eigenvalue weighted by atomic mass is 9.99. The quantitative estimate of drug-likeness (QED) is 0.740. The number of amides is 2. The van der Waals surface area contributed by atoms with Gasteiger partial charge in [-0.25, -0.2) is 0 Å². The lowest BCUT2D eigenvalue weighted by molar-refractivity contribution is -0.137. The van der Waals surface area contributed by atoms with E-state index >= 15 is 0 Å². The van der Waals surface area contributed by atoms with E-state index in [2.05, 4.69) is 10.6 Å². The third-order valence-corrected chi connectivity index (χ3v) is 3.43. The van der Waals surface area contributed by atoms with Crippen molar-refractivity contribution in [1.29, 1.82) is 0 Å². The summed E-state index contributed by atoms with van der Waals surface area (Å²) in [6, 6.07) is 5.58. The number of nitrogens with one attached hydrogen (secondary N) is 2. The molecule has 2 rings (SSSR count). The number of carbonyl (C=O) groups is 3. The maximum absolute atomic E-state index is 11.8. The summed E-state index contributed by atoms with van der Waals surface area (Å²) in [4.78, 5) is 35.4. The number of carboxylic acids is 1. The summed E-state index contributed by atoms with van der Waals surface area (Å²) < 4.78 is 0. The summed E-state index contributed by atoms with van der Waals surface area (Å²) in [5.74, 6) is -1.54. The molecule has 0 atom stereocenters. The highest BCUT2D eigenvalue weighted by Crippen LogP contribution is 2.32. The van der Waals surface area contributed by atoms with Crippen molar-refractivity contribution in [2.75, 3.05) is 29.9 Å². The Morgan fingerprint density at radius 2 is 2.09 bits per heavy atom. The molecule has 0 saturated heterocycles. The minimum Gasteiger partial charge on any atom is -0.480 e. The minimum absolute atomic E-state index is 0.101. The number of rotatable bonds is 5. The first-order valence-electron chi connectivity index (χ1n) is 7.10. The standard InChI is InChI=1S/C15H19N3O4/c1-10(19)17-12-5-2-6-13-11(12)4-3-7-18(13)9-14(20)16-8-15(21)22/h2,5-6H,3-4,7-9H2,1H3,(H,16,20)(H,17,19)(H,21,22). The largest absolute Gasteiger partial charge is 0.480 e. The van der Waals surface area contributed by atoms with Crippen molar-refractivity contribution in [1.82, 2.24) is 5.32 Å². The SMILES string of the molecule is CC(=O)Nc1cccc2c1CCCN2CC(=O)NCC(=O)O. The van der Waals surface area contributed by atoms with Crippen molar-refractivity contribution >= 4 is 29.2 Å². The van der Waals surface area contributed by atoms with Crippen molar-refractivity contribution in [2.24, 2.45) is 0 Å². The molecule has 1 heterocycles. The predicted molar refractivity (Wildman–Crippen MR) is 81.9 cm³/mol. The van der Waals surface area contributed by atoms with Gasteiger partial charge in [0.15, 0.2) is 0 Å². The van der Waals surface area contributed by atoms with Crippen molar-refractivity contribution in [3.8, 4) is 0 Å². The smallest absolute Gasteiger partial charge is 0.322 e. The molecule has 0 spiro atoms. The van der Waals surface area contributed by atoms with Gasteiger partial charge in [-0.1, -0.05) is 6.07 Å². The second-order valence-corrected chi connectivity index (χ2v) is 5.18. The molecule has 22 heavy (non-hydrogen) atoms. The molecule has 1 aromatic carbocycles. The van der Waals surface area contributed by atoms with E-state index in [9.17, 15) is 14.4 Å². The Bertz CT molecular complexity index is 600. The van der Waals surface area contributed by atoms with Crippen LogP contribution in [0.25, 0.3) is 0 Å². The summed E-state index contributed by atoms with van der Waals surface area (Å²) in [6.07, 6.45) is 1.70. The zero-order chi connectivity index (χ0) is 16.1. The lowest BCUT2D eigenvalue weighted by Crippen LogP contribution is -2.41. The normalized spacial score (nSPS) is 13.2. The fourth-order valence-electron chi connectivity index (χ4n) is 2.58. The van der Waals surface area contributed by atoms with E-state index in [0.717, 1.165) is 36.3 Å². The number of aliphatic carboxylic acids is 1. The summed E-state index contributed by atoms with van der Waals surface area (Å²) in [5.41, 5.74) is 2.68. The van der Waals surface area contributed by atoms with E-state index in [0.29, 0.717) is 0 Å². The molecule has 0 bridgehead atoms.